The second-order valence-corrected chi connectivity index (χ2v) is 5.32. The third-order valence-corrected chi connectivity index (χ3v) is 3.59. The molecule has 0 amide bonds. The fourth-order valence-corrected chi connectivity index (χ4v) is 2.46. The second-order valence-electron chi connectivity index (χ2n) is 5.32. The van der Waals surface area contributed by atoms with E-state index in [0.717, 1.165) is 32.3 Å². The molecule has 110 valence electrons. The Labute approximate surface area is 118 Å². The molecule has 0 saturated carbocycles. The summed E-state index contributed by atoms with van der Waals surface area (Å²) in [6.07, 6.45) is 4.76. The van der Waals surface area contributed by atoms with Crippen molar-refractivity contribution in [2.24, 2.45) is 0 Å². The molecule has 2 rings (SSSR count). The van der Waals surface area contributed by atoms with Gasteiger partial charge in [0, 0.05) is 18.7 Å². The molecule has 2 atom stereocenters. The SMILES string of the molecule is Cc1nc(N[C@@H](C)CC[C@H]2CCCO2)ccc1[N+](=O)[O-]. The highest BCUT2D eigenvalue weighted by Gasteiger charge is 2.17. The van der Waals surface area contributed by atoms with Crippen molar-refractivity contribution in [3.05, 3.63) is 27.9 Å². The van der Waals surface area contributed by atoms with E-state index in [1.54, 1.807) is 13.0 Å². The van der Waals surface area contributed by atoms with E-state index in [9.17, 15) is 10.1 Å². The maximum atomic E-state index is 10.7. The van der Waals surface area contributed by atoms with Crippen LogP contribution in [0.15, 0.2) is 12.1 Å². The van der Waals surface area contributed by atoms with Crippen molar-refractivity contribution in [1.82, 2.24) is 4.98 Å². The largest absolute Gasteiger partial charge is 0.378 e. The first-order valence-electron chi connectivity index (χ1n) is 7.06. The van der Waals surface area contributed by atoms with Crippen LogP contribution in [0.2, 0.25) is 0 Å². The van der Waals surface area contributed by atoms with Gasteiger partial charge in [-0.1, -0.05) is 0 Å². The predicted molar refractivity (Wildman–Crippen MR) is 76.9 cm³/mol. The highest BCUT2D eigenvalue weighted by molar-refractivity contribution is 5.45. The van der Waals surface area contributed by atoms with E-state index in [-0.39, 0.29) is 11.7 Å². The summed E-state index contributed by atoms with van der Waals surface area (Å²) >= 11 is 0. The van der Waals surface area contributed by atoms with Crippen LogP contribution in [0.1, 0.15) is 38.3 Å². The number of ether oxygens (including phenoxy) is 1. The van der Waals surface area contributed by atoms with Gasteiger partial charge in [-0.25, -0.2) is 4.98 Å². The molecular formula is C14H21N3O3. The van der Waals surface area contributed by atoms with E-state index in [1.165, 1.54) is 6.07 Å². The Morgan fingerprint density at radius 3 is 3.00 bits per heavy atom. The zero-order valence-electron chi connectivity index (χ0n) is 12.0. The van der Waals surface area contributed by atoms with E-state index < -0.39 is 4.92 Å². The zero-order valence-corrected chi connectivity index (χ0v) is 12.0. The molecule has 1 N–H and O–H groups in total. The number of aryl methyl sites for hydroxylation is 1. The van der Waals surface area contributed by atoms with Gasteiger partial charge in [-0.3, -0.25) is 10.1 Å². The molecule has 2 heterocycles. The number of nitro groups is 1. The summed E-state index contributed by atoms with van der Waals surface area (Å²) in [6.45, 7) is 4.63. The number of nitrogens with zero attached hydrogens (tertiary/aromatic N) is 2. The summed E-state index contributed by atoms with van der Waals surface area (Å²) in [5.41, 5.74) is 0.494. The van der Waals surface area contributed by atoms with Crippen molar-refractivity contribution < 1.29 is 9.66 Å². The minimum atomic E-state index is -0.410. The van der Waals surface area contributed by atoms with E-state index in [1.807, 2.05) is 0 Å². The third kappa shape index (κ3) is 3.90. The smallest absolute Gasteiger partial charge is 0.290 e. The highest BCUT2D eigenvalue weighted by Crippen LogP contribution is 2.21. The van der Waals surface area contributed by atoms with Gasteiger partial charge in [0.05, 0.1) is 11.0 Å². The van der Waals surface area contributed by atoms with Gasteiger partial charge in [-0.05, 0) is 45.6 Å². The lowest BCUT2D eigenvalue weighted by atomic mass is 10.1. The van der Waals surface area contributed by atoms with Gasteiger partial charge in [-0.15, -0.1) is 0 Å². The minimum Gasteiger partial charge on any atom is -0.378 e. The Balaban J connectivity index is 1.85. The molecule has 6 nitrogen and oxygen atoms in total. The predicted octanol–water partition coefficient (Wildman–Crippen LogP) is 3.06. The van der Waals surface area contributed by atoms with Gasteiger partial charge in [0.1, 0.15) is 11.5 Å². The number of hydrogen-bond acceptors (Lipinski definition) is 5. The van der Waals surface area contributed by atoms with Crippen LogP contribution in [0.3, 0.4) is 0 Å². The standard InChI is InChI=1S/C14H21N3O3/c1-10(5-6-12-4-3-9-20-12)15-14-8-7-13(17(18)19)11(2)16-14/h7-8,10,12H,3-6,9H2,1-2H3,(H,15,16)/t10-,12+/m0/s1. The summed E-state index contributed by atoms with van der Waals surface area (Å²) in [4.78, 5) is 14.6. The zero-order chi connectivity index (χ0) is 14.5. The maximum absolute atomic E-state index is 10.7. The summed E-state index contributed by atoms with van der Waals surface area (Å²) in [6, 6.07) is 3.43. The highest BCUT2D eigenvalue weighted by atomic mass is 16.6. The molecule has 1 aliphatic rings. The molecule has 0 unspecified atom stereocenters. The number of pyridine rings is 1. The molecule has 1 aromatic rings. The van der Waals surface area contributed by atoms with Gasteiger partial charge in [-0.2, -0.15) is 0 Å². The lowest BCUT2D eigenvalue weighted by Crippen LogP contribution is -2.19. The Morgan fingerprint density at radius 1 is 1.60 bits per heavy atom. The van der Waals surface area contributed by atoms with Crippen molar-refractivity contribution in [3.63, 3.8) is 0 Å². The second kappa shape index (κ2) is 6.65. The van der Waals surface area contributed by atoms with Crippen LogP contribution >= 0.6 is 0 Å². The maximum Gasteiger partial charge on any atom is 0.290 e. The van der Waals surface area contributed by atoms with Crippen LogP contribution in [0.4, 0.5) is 11.5 Å². The summed E-state index contributed by atoms with van der Waals surface area (Å²) in [5.74, 6) is 0.688. The molecule has 0 radical (unpaired) electrons. The summed E-state index contributed by atoms with van der Waals surface area (Å²) in [7, 11) is 0. The Kier molecular flexibility index (Phi) is 4.89. The van der Waals surface area contributed by atoms with Crippen LogP contribution in [-0.4, -0.2) is 28.7 Å². The first-order chi connectivity index (χ1) is 9.56. The third-order valence-electron chi connectivity index (χ3n) is 3.59. The van der Waals surface area contributed by atoms with Crippen LogP contribution in [0.5, 0.6) is 0 Å². The number of aromatic nitrogens is 1. The van der Waals surface area contributed by atoms with Crippen LogP contribution in [0.25, 0.3) is 0 Å². The van der Waals surface area contributed by atoms with Crippen LogP contribution in [0, 0.1) is 17.0 Å². The molecule has 0 spiro atoms. The Bertz CT molecular complexity index is 473. The molecule has 6 heteroatoms. The van der Waals surface area contributed by atoms with Gasteiger partial charge in [0.25, 0.3) is 5.69 Å². The molecule has 1 aliphatic heterocycles. The van der Waals surface area contributed by atoms with Gasteiger partial charge in [0.2, 0.25) is 0 Å². The average Bonchev–Trinajstić information content (AvgIpc) is 2.89. The van der Waals surface area contributed by atoms with E-state index in [2.05, 4.69) is 17.2 Å². The van der Waals surface area contributed by atoms with E-state index >= 15 is 0 Å². The van der Waals surface area contributed by atoms with Crippen LogP contribution in [-0.2, 0) is 4.74 Å². The first kappa shape index (κ1) is 14.7. The van der Waals surface area contributed by atoms with Crippen LogP contribution < -0.4 is 5.32 Å². The van der Waals surface area contributed by atoms with E-state index in [4.69, 9.17) is 4.74 Å². The number of hydrogen-bond donors (Lipinski definition) is 1. The molecule has 1 fully saturated rings. The fourth-order valence-electron chi connectivity index (χ4n) is 2.46. The summed E-state index contributed by atoms with van der Waals surface area (Å²) in [5, 5.41) is 14.0. The molecule has 0 aliphatic carbocycles. The fraction of sp³-hybridized carbons (Fsp3) is 0.643. The van der Waals surface area contributed by atoms with Crippen molar-refractivity contribution in [1.29, 1.82) is 0 Å². The first-order valence-corrected chi connectivity index (χ1v) is 7.06. The van der Waals surface area contributed by atoms with E-state index in [0.29, 0.717) is 17.6 Å². The number of rotatable bonds is 6. The van der Waals surface area contributed by atoms with Gasteiger partial charge < -0.3 is 10.1 Å². The van der Waals surface area contributed by atoms with Crippen molar-refractivity contribution >= 4 is 11.5 Å². The molecule has 1 saturated heterocycles. The monoisotopic (exact) mass is 279 g/mol. The Hall–Kier alpha value is -1.69. The number of anilines is 1. The number of nitrogens with one attached hydrogen (secondary N) is 1. The molecule has 1 aromatic heterocycles. The quantitative estimate of drug-likeness (QED) is 0.639. The normalized spacial score (nSPS) is 19.8. The lowest BCUT2D eigenvalue weighted by molar-refractivity contribution is -0.385. The molecular weight excluding hydrogens is 258 g/mol. The van der Waals surface area contributed by atoms with Gasteiger partial charge >= 0.3 is 0 Å². The topological polar surface area (TPSA) is 77.3 Å². The van der Waals surface area contributed by atoms with Crippen molar-refractivity contribution in [3.8, 4) is 0 Å². The molecule has 0 bridgehead atoms. The molecule has 0 aromatic carbocycles. The lowest BCUT2D eigenvalue weighted by Gasteiger charge is -2.17. The Morgan fingerprint density at radius 2 is 2.40 bits per heavy atom. The molecule has 20 heavy (non-hydrogen) atoms. The average molecular weight is 279 g/mol. The summed E-state index contributed by atoms with van der Waals surface area (Å²) < 4.78 is 5.60. The van der Waals surface area contributed by atoms with Gasteiger partial charge in [0.15, 0.2) is 0 Å². The minimum absolute atomic E-state index is 0.0579. The van der Waals surface area contributed by atoms with Crippen molar-refractivity contribution in [2.75, 3.05) is 11.9 Å². The van der Waals surface area contributed by atoms with Crippen molar-refractivity contribution in [2.45, 2.75) is 51.7 Å².